The predicted octanol–water partition coefficient (Wildman–Crippen LogP) is 8.38. The molecule has 204 valence electrons. The fourth-order valence-electron chi connectivity index (χ4n) is 4.67. The minimum atomic E-state index is -0.615. The fourth-order valence-corrected chi connectivity index (χ4v) is 5.11. The molecular formula is C33H26Cl2N4O2. The molecule has 0 amide bonds. The lowest BCUT2D eigenvalue weighted by Gasteiger charge is -2.14. The molecule has 1 unspecified atom stereocenters. The van der Waals surface area contributed by atoms with Crippen molar-refractivity contribution in [2.75, 3.05) is 0 Å². The minimum absolute atomic E-state index is 0.538. The number of carbonyl (C=O) groups excluding carboxylic acids is 1. The van der Waals surface area contributed by atoms with Crippen LogP contribution in [-0.2, 0) is 0 Å². The Kier molecular flexibility index (Phi) is 8.36. The van der Waals surface area contributed by atoms with Crippen LogP contribution in [0.3, 0.4) is 0 Å². The molecule has 1 atom stereocenters. The number of benzene rings is 2. The Morgan fingerprint density at radius 1 is 0.732 bits per heavy atom. The van der Waals surface area contributed by atoms with E-state index in [1.807, 2.05) is 80.6 Å². The van der Waals surface area contributed by atoms with Crippen LogP contribution in [0.4, 0.5) is 0 Å². The van der Waals surface area contributed by atoms with E-state index < -0.39 is 6.10 Å². The largest absolute Gasteiger partial charge is 0.389 e. The van der Waals surface area contributed by atoms with Gasteiger partial charge in [-0.25, -0.2) is 9.97 Å². The Morgan fingerprint density at radius 3 is 1.76 bits per heavy atom. The number of aliphatic hydroxyl groups is 1. The second-order valence-corrected chi connectivity index (χ2v) is 10.4. The molecule has 0 fully saturated rings. The van der Waals surface area contributed by atoms with Gasteiger partial charge in [-0.05, 0) is 69.3 Å². The lowest BCUT2D eigenvalue weighted by Crippen LogP contribution is -2.00. The standard InChI is InChI=1S/C17H15ClN2O.C16H11ClN2O/c1-10-13(6-4-8-19-10)17-14(11(2)21)9-12-5-3-7-15(18)16(12)20-17;1-10-13(5-3-7-18-10)15-12(9-20)8-11-4-2-6-14(17)16(11)19-15/h3-9,11,21H,1-2H3;2-9H,1H3. The first-order chi connectivity index (χ1) is 19.8. The summed E-state index contributed by atoms with van der Waals surface area (Å²) in [4.78, 5) is 29.2. The first kappa shape index (κ1) is 28.3. The summed E-state index contributed by atoms with van der Waals surface area (Å²) in [7, 11) is 0. The minimum Gasteiger partial charge on any atom is -0.389 e. The van der Waals surface area contributed by atoms with Crippen LogP contribution in [0, 0.1) is 13.8 Å². The Bertz CT molecular complexity index is 1910. The Hall–Kier alpha value is -4.23. The molecule has 41 heavy (non-hydrogen) atoms. The number of nitrogens with zero attached hydrogens (tertiary/aromatic N) is 4. The van der Waals surface area contributed by atoms with E-state index in [0.717, 1.165) is 56.3 Å². The number of fused-ring (bicyclic) bond motifs is 2. The summed E-state index contributed by atoms with van der Waals surface area (Å²) >= 11 is 12.4. The normalized spacial score (nSPS) is 11.7. The molecule has 6 rings (SSSR count). The van der Waals surface area contributed by atoms with Gasteiger partial charge in [0.1, 0.15) is 0 Å². The number of rotatable bonds is 4. The van der Waals surface area contributed by atoms with Crippen LogP contribution < -0.4 is 0 Å². The van der Waals surface area contributed by atoms with Crippen molar-refractivity contribution in [2.24, 2.45) is 0 Å². The predicted molar refractivity (Wildman–Crippen MR) is 165 cm³/mol. The average Bonchev–Trinajstić information content (AvgIpc) is 2.97. The number of pyridine rings is 4. The lowest BCUT2D eigenvalue weighted by molar-refractivity contribution is 0.112. The molecule has 1 N–H and O–H groups in total. The first-order valence-electron chi connectivity index (χ1n) is 12.9. The van der Waals surface area contributed by atoms with E-state index in [0.29, 0.717) is 26.8 Å². The number of para-hydroxylation sites is 2. The Labute approximate surface area is 247 Å². The second kappa shape index (κ2) is 12.1. The number of aliphatic hydroxyl groups excluding tert-OH is 1. The average molecular weight is 582 g/mol. The Balaban J connectivity index is 0.000000165. The van der Waals surface area contributed by atoms with E-state index in [-0.39, 0.29) is 0 Å². The third-order valence-corrected chi connectivity index (χ3v) is 7.36. The monoisotopic (exact) mass is 580 g/mol. The number of aryl methyl sites for hydroxylation is 2. The highest BCUT2D eigenvalue weighted by Gasteiger charge is 2.16. The van der Waals surface area contributed by atoms with Gasteiger partial charge in [0.25, 0.3) is 0 Å². The van der Waals surface area contributed by atoms with Gasteiger partial charge >= 0.3 is 0 Å². The summed E-state index contributed by atoms with van der Waals surface area (Å²) in [5, 5.41) is 13.0. The van der Waals surface area contributed by atoms with Crippen LogP contribution in [0.5, 0.6) is 0 Å². The smallest absolute Gasteiger partial charge is 0.152 e. The first-order valence-corrected chi connectivity index (χ1v) is 13.7. The van der Waals surface area contributed by atoms with Crippen molar-refractivity contribution in [3.8, 4) is 22.5 Å². The van der Waals surface area contributed by atoms with Gasteiger partial charge in [0.05, 0.1) is 38.6 Å². The van der Waals surface area contributed by atoms with Gasteiger partial charge in [-0.2, -0.15) is 0 Å². The molecule has 0 saturated carbocycles. The molecule has 0 aliphatic rings. The summed E-state index contributed by atoms with van der Waals surface area (Å²) in [6, 6.07) is 22.5. The van der Waals surface area contributed by atoms with Crippen molar-refractivity contribution >= 4 is 51.3 Å². The number of aldehydes is 1. The molecule has 2 aromatic carbocycles. The van der Waals surface area contributed by atoms with Gasteiger partial charge in [0.15, 0.2) is 6.29 Å². The van der Waals surface area contributed by atoms with Crippen LogP contribution in [0.25, 0.3) is 44.3 Å². The molecule has 4 heterocycles. The van der Waals surface area contributed by atoms with E-state index in [2.05, 4.69) is 15.0 Å². The Morgan fingerprint density at radius 2 is 1.24 bits per heavy atom. The van der Waals surface area contributed by atoms with Crippen molar-refractivity contribution < 1.29 is 9.90 Å². The lowest BCUT2D eigenvalue weighted by atomic mass is 9.99. The van der Waals surface area contributed by atoms with Gasteiger partial charge in [-0.3, -0.25) is 14.8 Å². The van der Waals surface area contributed by atoms with Crippen molar-refractivity contribution in [2.45, 2.75) is 26.9 Å². The maximum absolute atomic E-state index is 11.3. The summed E-state index contributed by atoms with van der Waals surface area (Å²) < 4.78 is 0. The zero-order chi connectivity index (χ0) is 29.1. The number of aromatic nitrogens is 4. The fraction of sp³-hybridized carbons (Fsp3) is 0.121. The summed E-state index contributed by atoms with van der Waals surface area (Å²) in [5.41, 5.74) is 7.55. The van der Waals surface area contributed by atoms with Gasteiger partial charge in [0.2, 0.25) is 0 Å². The topological polar surface area (TPSA) is 88.9 Å². The molecule has 8 heteroatoms. The van der Waals surface area contributed by atoms with E-state index >= 15 is 0 Å². The highest BCUT2D eigenvalue weighted by atomic mass is 35.5. The van der Waals surface area contributed by atoms with Crippen molar-refractivity contribution in [3.05, 3.63) is 118 Å². The van der Waals surface area contributed by atoms with Crippen LogP contribution in [0.2, 0.25) is 10.0 Å². The molecule has 6 aromatic rings. The van der Waals surface area contributed by atoms with Crippen LogP contribution in [0.15, 0.2) is 85.2 Å². The highest BCUT2D eigenvalue weighted by Crippen LogP contribution is 2.33. The van der Waals surface area contributed by atoms with Crippen molar-refractivity contribution in [1.29, 1.82) is 0 Å². The zero-order valence-corrected chi connectivity index (χ0v) is 24.1. The molecule has 0 bridgehead atoms. The van der Waals surface area contributed by atoms with Crippen LogP contribution in [0.1, 0.15) is 40.3 Å². The number of hydrogen-bond donors (Lipinski definition) is 1. The summed E-state index contributed by atoms with van der Waals surface area (Å²) in [6.07, 6.45) is 3.66. The third-order valence-electron chi connectivity index (χ3n) is 6.75. The van der Waals surface area contributed by atoms with Crippen molar-refractivity contribution in [1.82, 2.24) is 19.9 Å². The number of halogens is 2. The summed E-state index contributed by atoms with van der Waals surface area (Å²) in [6.45, 7) is 5.56. The molecule has 0 spiro atoms. The van der Waals surface area contributed by atoms with E-state index in [1.165, 1.54) is 0 Å². The molecule has 4 aromatic heterocycles. The van der Waals surface area contributed by atoms with Crippen LogP contribution in [-0.4, -0.2) is 31.3 Å². The van der Waals surface area contributed by atoms with E-state index in [9.17, 15) is 9.90 Å². The van der Waals surface area contributed by atoms with E-state index in [1.54, 1.807) is 25.4 Å². The molecule has 0 aliphatic carbocycles. The van der Waals surface area contributed by atoms with Gasteiger partial charge in [0, 0.05) is 56.8 Å². The van der Waals surface area contributed by atoms with Gasteiger partial charge in [-0.15, -0.1) is 0 Å². The third kappa shape index (κ3) is 5.81. The van der Waals surface area contributed by atoms with Crippen molar-refractivity contribution in [3.63, 3.8) is 0 Å². The molecule has 6 nitrogen and oxygen atoms in total. The van der Waals surface area contributed by atoms with Crippen LogP contribution >= 0.6 is 23.2 Å². The maximum atomic E-state index is 11.3. The number of carbonyl (C=O) groups is 1. The highest BCUT2D eigenvalue weighted by molar-refractivity contribution is 6.35. The molecular weight excluding hydrogens is 555 g/mol. The molecule has 0 aliphatic heterocycles. The second-order valence-electron chi connectivity index (χ2n) is 9.54. The summed E-state index contributed by atoms with van der Waals surface area (Å²) in [5.74, 6) is 0. The van der Waals surface area contributed by atoms with Gasteiger partial charge in [-0.1, -0.05) is 47.5 Å². The van der Waals surface area contributed by atoms with Gasteiger partial charge < -0.3 is 5.11 Å². The quantitative estimate of drug-likeness (QED) is 0.210. The number of hydrogen-bond acceptors (Lipinski definition) is 6. The maximum Gasteiger partial charge on any atom is 0.152 e. The molecule has 0 radical (unpaired) electrons. The van der Waals surface area contributed by atoms with E-state index in [4.69, 9.17) is 28.2 Å². The SMILES string of the molecule is Cc1ncccc1-c1nc2c(Cl)cccc2cc1C(C)O.Cc1ncccc1-c1nc2c(Cl)cccc2cc1C=O. The zero-order valence-electron chi connectivity index (χ0n) is 22.6. The molecule has 0 saturated heterocycles.